The van der Waals surface area contributed by atoms with Crippen LogP contribution in [0.25, 0.3) is 121 Å². The Kier molecular flexibility index (Phi) is 9.91. The van der Waals surface area contributed by atoms with E-state index in [1.165, 1.54) is 93.9 Å². The van der Waals surface area contributed by atoms with E-state index in [1.807, 2.05) is 24.5 Å². The van der Waals surface area contributed by atoms with Crippen LogP contribution in [-0.4, -0.2) is 9.97 Å². The maximum Gasteiger partial charge on any atom is 0.0942 e. The Balaban J connectivity index is 0.753. The molecule has 14 aromatic rings. The fourth-order valence-electron chi connectivity index (χ4n) is 12.7. The zero-order chi connectivity index (χ0) is 51.3. The van der Waals surface area contributed by atoms with Gasteiger partial charge in [0.25, 0.3) is 0 Å². The van der Waals surface area contributed by atoms with Crippen molar-refractivity contribution in [3.8, 4) is 77.9 Å². The van der Waals surface area contributed by atoms with Crippen LogP contribution in [0, 0.1) is 0 Å². The van der Waals surface area contributed by atoms with Crippen molar-refractivity contribution in [1.82, 2.24) is 9.97 Å². The molecule has 16 rings (SSSR count). The van der Waals surface area contributed by atoms with E-state index in [0.717, 1.165) is 61.5 Å². The Bertz CT molecular complexity index is 4690. The van der Waals surface area contributed by atoms with Gasteiger partial charge in [-0.05, 0) is 190 Å². The molecule has 12 aromatic carbocycles. The lowest BCUT2D eigenvalue weighted by Gasteiger charge is -2.27. The molecule has 2 aromatic heterocycles. The van der Waals surface area contributed by atoms with Gasteiger partial charge < -0.3 is 9.80 Å². The number of nitrogens with zero attached hydrogens (tertiary/aromatic N) is 4. The highest BCUT2D eigenvalue weighted by molar-refractivity contribution is 6.20. The van der Waals surface area contributed by atoms with Gasteiger partial charge in [-0.1, -0.05) is 176 Å². The van der Waals surface area contributed by atoms with E-state index in [1.54, 1.807) is 0 Å². The summed E-state index contributed by atoms with van der Waals surface area (Å²) in [5, 5.41) is 7.37. The first-order chi connectivity index (χ1) is 38.7. The minimum absolute atomic E-state index is 0.952. The fraction of sp³-hybridized carbons (Fsp3) is 0. The molecule has 0 saturated heterocycles. The summed E-state index contributed by atoms with van der Waals surface area (Å²) in [5.74, 6) is 0. The number of benzene rings is 12. The summed E-state index contributed by atoms with van der Waals surface area (Å²) in [6, 6.07) is 97.4. The van der Waals surface area contributed by atoms with Gasteiger partial charge in [0.15, 0.2) is 0 Å². The van der Waals surface area contributed by atoms with Gasteiger partial charge in [0.05, 0.1) is 22.4 Å². The Morgan fingerprint density at radius 1 is 0.244 bits per heavy atom. The maximum absolute atomic E-state index is 4.97. The third kappa shape index (κ3) is 6.87. The van der Waals surface area contributed by atoms with Crippen LogP contribution in [0.3, 0.4) is 0 Å². The number of rotatable bonds is 9. The summed E-state index contributed by atoms with van der Waals surface area (Å²) in [7, 11) is 0. The molecule has 0 amide bonds. The number of anilines is 6. The predicted molar refractivity (Wildman–Crippen MR) is 327 cm³/mol. The molecule has 0 bridgehead atoms. The van der Waals surface area contributed by atoms with Crippen LogP contribution < -0.4 is 9.80 Å². The highest BCUT2D eigenvalue weighted by atomic mass is 15.2. The van der Waals surface area contributed by atoms with Crippen LogP contribution in [-0.2, 0) is 0 Å². The molecule has 2 heterocycles. The van der Waals surface area contributed by atoms with Gasteiger partial charge in [0.2, 0.25) is 0 Å². The molecule has 0 unspecified atom stereocenters. The van der Waals surface area contributed by atoms with Crippen molar-refractivity contribution >= 4 is 77.5 Å². The molecular formula is C74H46N4. The van der Waals surface area contributed by atoms with Gasteiger partial charge in [0, 0.05) is 45.9 Å². The number of hydrogen-bond acceptors (Lipinski definition) is 4. The summed E-state index contributed by atoms with van der Waals surface area (Å²) in [5.41, 5.74) is 25.8. The standard InChI is InChI=1S/C74H46N4/c1-2-16-52(17-3-1)77(70-27-10-26-69-67(70)25-12-43-75-69)53-34-29-47(30-35-53)57-40-42-66-60-38-33-51(46-68(60)64-24-9-22-62(57)73(64)66)50-14-6-18-55(45-50)78(71-28-7-13-49-15-11-44-76-74(49)71)54-36-31-48(32-37-54)56-39-41-65-59-20-5-4-19-58(59)63-23-8-21-61(56)72(63)65/h1-46H. The minimum atomic E-state index is 0.952. The smallest absolute Gasteiger partial charge is 0.0942 e. The number of aromatic nitrogens is 2. The first-order valence-corrected chi connectivity index (χ1v) is 26.7. The predicted octanol–water partition coefficient (Wildman–Crippen LogP) is 20.3. The second-order valence-electron chi connectivity index (χ2n) is 20.4. The number of fused-ring (bicyclic) bond motifs is 8. The van der Waals surface area contributed by atoms with Gasteiger partial charge in [-0.25, -0.2) is 0 Å². The minimum Gasteiger partial charge on any atom is -0.310 e. The molecule has 0 fully saturated rings. The van der Waals surface area contributed by atoms with Crippen LogP contribution in [0.15, 0.2) is 279 Å². The quantitative estimate of drug-likeness (QED) is 0.144. The molecule has 0 saturated carbocycles. The molecule has 4 nitrogen and oxygen atoms in total. The van der Waals surface area contributed by atoms with E-state index < -0.39 is 0 Å². The molecule has 78 heavy (non-hydrogen) atoms. The summed E-state index contributed by atoms with van der Waals surface area (Å²) in [6.45, 7) is 0. The summed E-state index contributed by atoms with van der Waals surface area (Å²) in [4.78, 5) is 14.3. The molecule has 0 atom stereocenters. The monoisotopic (exact) mass is 990 g/mol. The average molecular weight is 991 g/mol. The van der Waals surface area contributed by atoms with E-state index in [-0.39, 0.29) is 0 Å². The normalized spacial score (nSPS) is 11.8. The fourth-order valence-corrected chi connectivity index (χ4v) is 12.7. The summed E-state index contributed by atoms with van der Waals surface area (Å²) >= 11 is 0. The van der Waals surface area contributed by atoms with Gasteiger partial charge in [-0.2, -0.15) is 0 Å². The van der Waals surface area contributed by atoms with Crippen molar-refractivity contribution in [2.75, 3.05) is 9.80 Å². The molecule has 0 aliphatic heterocycles. The lowest BCUT2D eigenvalue weighted by atomic mass is 9.94. The van der Waals surface area contributed by atoms with Crippen LogP contribution in [0.4, 0.5) is 34.1 Å². The van der Waals surface area contributed by atoms with Crippen LogP contribution in [0.2, 0.25) is 0 Å². The summed E-state index contributed by atoms with van der Waals surface area (Å²) in [6.07, 6.45) is 3.75. The SMILES string of the molecule is c1ccc(N(c2ccc(-c3ccc4c5c(cccc35)-c3cc(-c5cccc(N(c6ccc(-c7ccc8c9c(cccc79)-c7ccccc7-8)cc6)c6cccc7cccnc67)c5)ccc3-4)cc2)c2cccc3ncccc23)cc1. The Morgan fingerprint density at radius 2 is 0.705 bits per heavy atom. The van der Waals surface area contributed by atoms with E-state index >= 15 is 0 Å². The van der Waals surface area contributed by atoms with E-state index in [9.17, 15) is 0 Å². The Hall–Kier alpha value is -10.4. The Morgan fingerprint density at radius 3 is 1.42 bits per heavy atom. The van der Waals surface area contributed by atoms with Crippen molar-refractivity contribution in [3.05, 3.63) is 279 Å². The van der Waals surface area contributed by atoms with Crippen LogP contribution >= 0.6 is 0 Å². The molecule has 362 valence electrons. The zero-order valence-electron chi connectivity index (χ0n) is 42.3. The van der Waals surface area contributed by atoms with Crippen molar-refractivity contribution in [1.29, 1.82) is 0 Å². The van der Waals surface area contributed by atoms with Gasteiger partial charge in [-0.15, -0.1) is 0 Å². The highest BCUT2D eigenvalue weighted by Crippen LogP contribution is 2.52. The van der Waals surface area contributed by atoms with Gasteiger partial charge in [0.1, 0.15) is 0 Å². The first-order valence-electron chi connectivity index (χ1n) is 26.7. The molecule has 0 N–H and O–H groups in total. The van der Waals surface area contributed by atoms with Gasteiger partial charge in [-0.3, -0.25) is 9.97 Å². The second-order valence-corrected chi connectivity index (χ2v) is 20.4. The molecule has 4 heteroatoms. The molecule has 2 aliphatic rings. The van der Waals surface area contributed by atoms with Crippen molar-refractivity contribution in [2.24, 2.45) is 0 Å². The van der Waals surface area contributed by atoms with Crippen molar-refractivity contribution in [2.45, 2.75) is 0 Å². The van der Waals surface area contributed by atoms with Crippen LogP contribution in [0.5, 0.6) is 0 Å². The zero-order valence-corrected chi connectivity index (χ0v) is 42.3. The van der Waals surface area contributed by atoms with E-state index in [2.05, 4.69) is 270 Å². The summed E-state index contributed by atoms with van der Waals surface area (Å²) < 4.78 is 0. The highest BCUT2D eigenvalue weighted by Gasteiger charge is 2.26. The maximum atomic E-state index is 4.97. The van der Waals surface area contributed by atoms with E-state index in [4.69, 9.17) is 4.98 Å². The second kappa shape index (κ2) is 17.6. The molecule has 0 radical (unpaired) electrons. The topological polar surface area (TPSA) is 32.3 Å². The third-order valence-corrected chi connectivity index (χ3v) is 16.2. The number of hydrogen-bond donors (Lipinski definition) is 0. The largest absolute Gasteiger partial charge is 0.310 e. The molecule has 0 spiro atoms. The molecule has 2 aliphatic carbocycles. The molecular weight excluding hydrogens is 945 g/mol. The average Bonchev–Trinajstić information content (AvgIpc) is 4.22. The lowest BCUT2D eigenvalue weighted by molar-refractivity contribution is 1.28. The van der Waals surface area contributed by atoms with Gasteiger partial charge >= 0.3 is 0 Å². The third-order valence-electron chi connectivity index (χ3n) is 16.2. The van der Waals surface area contributed by atoms with E-state index in [0.29, 0.717) is 0 Å². The van der Waals surface area contributed by atoms with Crippen LogP contribution in [0.1, 0.15) is 0 Å². The Labute approximate surface area is 452 Å². The van der Waals surface area contributed by atoms with Crippen molar-refractivity contribution in [3.63, 3.8) is 0 Å². The lowest BCUT2D eigenvalue weighted by Crippen LogP contribution is -2.11. The first kappa shape index (κ1) is 43.9. The number of para-hydroxylation sites is 2. The number of pyridine rings is 2. The van der Waals surface area contributed by atoms with Crippen molar-refractivity contribution < 1.29 is 0 Å².